The molecule has 0 amide bonds. The molecule has 0 N–H and O–H groups in total. The van der Waals surface area contributed by atoms with E-state index in [1.807, 2.05) is 12.1 Å². The normalized spacial score (nSPS) is 11.1. The SMILES string of the molecule is CCCCCCc1ccc(-c2nc(-c3ccc(Br)cc3C)nc(-c3ccc(Br)cc3C)n2)cc1. The van der Waals surface area contributed by atoms with Crippen LogP contribution in [0.15, 0.2) is 69.6 Å². The molecule has 0 aliphatic rings. The molecule has 1 aromatic heterocycles. The first-order valence-corrected chi connectivity index (χ1v) is 13.4. The van der Waals surface area contributed by atoms with Crippen LogP contribution in [0.1, 0.15) is 49.3 Å². The molecule has 0 saturated carbocycles. The van der Waals surface area contributed by atoms with Crippen molar-refractivity contribution in [1.29, 1.82) is 0 Å². The van der Waals surface area contributed by atoms with Gasteiger partial charge in [-0.2, -0.15) is 0 Å². The van der Waals surface area contributed by atoms with Gasteiger partial charge in [0.25, 0.3) is 0 Å². The van der Waals surface area contributed by atoms with Crippen LogP contribution in [-0.2, 0) is 6.42 Å². The van der Waals surface area contributed by atoms with Gasteiger partial charge in [0.2, 0.25) is 0 Å². The van der Waals surface area contributed by atoms with Gasteiger partial charge in [0.05, 0.1) is 0 Å². The van der Waals surface area contributed by atoms with Crippen LogP contribution in [0.5, 0.6) is 0 Å². The highest BCUT2D eigenvalue weighted by atomic mass is 79.9. The van der Waals surface area contributed by atoms with E-state index in [2.05, 4.69) is 101 Å². The van der Waals surface area contributed by atoms with Crippen LogP contribution in [0.2, 0.25) is 0 Å². The highest BCUT2D eigenvalue weighted by Crippen LogP contribution is 2.30. The molecule has 34 heavy (non-hydrogen) atoms. The number of hydrogen-bond acceptors (Lipinski definition) is 3. The van der Waals surface area contributed by atoms with E-state index in [0.29, 0.717) is 17.5 Å². The molecule has 0 atom stereocenters. The number of nitrogens with zero attached hydrogens (tertiary/aromatic N) is 3. The van der Waals surface area contributed by atoms with Crippen molar-refractivity contribution < 1.29 is 0 Å². The molecule has 0 fully saturated rings. The average molecular weight is 579 g/mol. The Morgan fingerprint density at radius 3 is 1.65 bits per heavy atom. The molecule has 4 rings (SSSR count). The molecule has 3 nitrogen and oxygen atoms in total. The first kappa shape index (κ1) is 24.7. The third-order valence-electron chi connectivity index (χ3n) is 6.03. The van der Waals surface area contributed by atoms with Crippen molar-refractivity contribution in [3.63, 3.8) is 0 Å². The Morgan fingerprint density at radius 2 is 1.15 bits per heavy atom. The molecule has 0 spiro atoms. The quantitative estimate of drug-likeness (QED) is 0.196. The number of aryl methyl sites for hydroxylation is 3. The Morgan fingerprint density at radius 1 is 0.618 bits per heavy atom. The summed E-state index contributed by atoms with van der Waals surface area (Å²) < 4.78 is 2.09. The van der Waals surface area contributed by atoms with Crippen LogP contribution in [-0.4, -0.2) is 15.0 Å². The minimum absolute atomic E-state index is 0.691. The summed E-state index contributed by atoms with van der Waals surface area (Å²) in [6.45, 7) is 6.42. The second-order valence-corrected chi connectivity index (χ2v) is 10.6. The third-order valence-corrected chi connectivity index (χ3v) is 7.01. The van der Waals surface area contributed by atoms with Gasteiger partial charge < -0.3 is 0 Å². The van der Waals surface area contributed by atoms with Gasteiger partial charge >= 0.3 is 0 Å². The summed E-state index contributed by atoms with van der Waals surface area (Å²) in [4.78, 5) is 14.7. The molecule has 4 aromatic rings. The summed E-state index contributed by atoms with van der Waals surface area (Å²) in [5.41, 5.74) is 6.62. The van der Waals surface area contributed by atoms with Crippen molar-refractivity contribution in [3.05, 3.63) is 86.3 Å². The molecule has 0 radical (unpaired) electrons. The molecule has 0 aliphatic heterocycles. The lowest BCUT2D eigenvalue weighted by molar-refractivity contribution is 0.667. The lowest BCUT2D eigenvalue weighted by atomic mass is 10.0. The van der Waals surface area contributed by atoms with E-state index < -0.39 is 0 Å². The molecule has 0 bridgehead atoms. The summed E-state index contributed by atoms with van der Waals surface area (Å²) in [5, 5.41) is 0. The topological polar surface area (TPSA) is 38.7 Å². The van der Waals surface area contributed by atoms with Gasteiger partial charge in [-0.1, -0.05) is 82.3 Å². The highest BCUT2D eigenvalue weighted by Gasteiger charge is 2.15. The molecule has 0 saturated heterocycles. The van der Waals surface area contributed by atoms with E-state index in [-0.39, 0.29) is 0 Å². The van der Waals surface area contributed by atoms with Crippen molar-refractivity contribution >= 4 is 31.9 Å². The minimum Gasteiger partial charge on any atom is -0.208 e. The van der Waals surface area contributed by atoms with Crippen LogP contribution >= 0.6 is 31.9 Å². The Bertz CT molecular complexity index is 1210. The number of rotatable bonds is 8. The second-order valence-electron chi connectivity index (χ2n) is 8.73. The average Bonchev–Trinajstić information content (AvgIpc) is 2.82. The fraction of sp³-hybridized carbons (Fsp3) is 0.276. The lowest BCUT2D eigenvalue weighted by Gasteiger charge is -2.12. The van der Waals surface area contributed by atoms with E-state index in [0.717, 1.165) is 43.2 Å². The highest BCUT2D eigenvalue weighted by molar-refractivity contribution is 9.10. The fourth-order valence-corrected chi connectivity index (χ4v) is 5.03. The number of aromatic nitrogens is 3. The number of benzene rings is 3. The molecule has 0 aliphatic carbocycles. The number of halogens is 2. The molecular formula is C29H29Br2N3. The third kappa shape index (κ3) is 6.00. The van der Waals surface area contributed by atoms with Gasteiger partial charge in [0.15, 0.2) is 17.5 Å². The Labute approximate surface area is 219 Å². The molecule has 0 unspecified atom stereocenters. The predicted molar refractivity (Wildman–Crippen MR) is 149 cm³/mol. The van der Waals surface area contributed by atoms with E-state index in [1.165, 1.54) is 31.2 Å². The van der Waals surface area contributed by atoms with Gasteiger partial charge in [-0.25, -0.2) is 15.0 Å². The maximum absolute atomic E-state index is 4.91. The summed E-state index contributed by atoms with van der Waals surface area (Å²) in [5.74, 6) is 2.08. The van der Waals surface area contributed by atoms with E-state index in [1.54, 1.807) is 0 Å². The number of unbranched alkanes of at least 4 members (excludes halogenated alkanes) is 3. The largest absolute Gasteiger partial charge is 0.208 e. The summed E-state index contributed by atoms with van der Waals surface area (Å²) >= 11 is 7.13. The van der Waals surface area contributed by atoms with Crippen molar-refractivity contribution in [2.24, 2.45) is 0 Å². The molecular weight excluding hydrogens is 550 g/mol. The van der Waals surface area contributed by atoms with Gasteiger partial charge in [-0.15, -0.1) is 0 Å². The molecule has 5 heteroatoms. The van der Waals surface area contributed by atoms with E-state index in [4.69, 9.17) is 15.0 Å². The maximum atomic E-state index is 4.91. The van der Waals surface area contributed by atoms with Gasteiger partial charge in [0, 0.05) is 25.6 Å². The van der Waals surface area contributed by atoms with Crippen molar-refractivity contribution in [1.82, 2.24) is 15.0 Å². The van der Waals surface area contributed by atoms with Crippen molar-refractivity contribution in [3.8, 4) is 34.2 Å². The predicted octanol–water partition coefficient (Wildman–Crippen LogP) is 9.14. The molecule has 3 aromatic carbocycles. The monoisotopic (exact) mass is 577 g/mol. The number of hydrogen-bond donors (Lipinski definition) is 0. The summed E-state index contributed by atoms with van der Waals surface area (Å²) in [6.07, 6.45) is 6.21. The second kappa shape index (κ2) is 11.4. The summed E-state index contributed by atoms with van der Waals surface area (Å²) in [7, 11) is 0. The Balaban J connectivity index is 1.76. The van der Waals surface area contributed by atoms with Crippen LogP contribution in [0.3, 0.4) is 0 Å². The zero-order valence-electron chi connectivity index (χ0n) is 19.9. The van der Waals surface area contributed by atoms with Crippen LogP contribution in [0.4, 0.5) is 0 Å². The smallest absolute Gasteiger partial charge is 0.164 e. The fourth-order valence-electron chi connectivity index (χ4n) is 4.08. The lowest BCUT2D eigenvalue weighted by Crippen LogP contribution is -2.02. The van der Waals surface area contributed by atoms with Crippen molar-refractivity contribution in [2.45, 2.75) is 52.9 Å². The molecule has 1 heterocycles. The maximum Gasteiger partial charge on any atom is 0.164 e. The van der Waals surface area contributed by atoms with Gasteiger partial charge in [0.1, 0.15) is 0 Å². The van der Waals surface area contributed by atoms with Gasteiger partial charge in [-0.3, -0.25) is 0 Å². The van der Waals surface area contributed by atoms with Crippen LogP contribution in [0.25, 0.3) is 34.2 Å². The van der Waals surface area contributed by atoms with E-state index >= 15 is 0 Å². The zero-order valence-corrected chi connectivity index (χ0v) is 23.1. The first-order chi connectivity index (χ1) is 16.4. The molecule has 174 valence electrons. The first-order valence-electron chi connectivity index (χ1n) is 11.8. The standard InChI is InChI=1S/C29H29Br2N3/c1-4-5-6-7-8-21-9-11-22(12-10-21)27-32-28(25-15-13-23(30)17-19(25)2)34-29(33-27)26-16-14-24(31)18-20(26)3/h9-18H,4-8H2,1-3H3. The zero-order chi connectivity index (χ0) is 24.1. The van der Waals surface area contributed by atoms with E-state index in [9.17, 15) is 0 Å². The Hall–Kier alpha value is -2.37. The van der Waals surface area contributed by atoms with Crippen molar-refractivity contribution in [2.75, 3.05) is 0 Å². The van der Waals surface area contributed by atoms with Crippen LogP contribution < -0.4 is 0 Å². The van der Waals surface area contributed by atoms with Gasteiger partial charge in [-0.05, 0) is 79.8 Å². The minimum atomic E-state index is 0.691. The summed E-state index contributed by atoms with van der Waals surface area (Å²) in [6, 6.07) is 21.1. The Kier molecular flexibility index (Phi) is 8.28. The van der Waals surface area contributed by atoms with Crippen LogP contribution in [0, 0.1) is 13.8 Å².